The molecule has 0 aliphatic heterocycles. The molecule has 1 atom stereocenters. The van der Waals surface area contributed by atoms with E-state index in [-0.39, 0.29) is 6.04 Å². The van der Waals surface area contributed by atoms with Gasteiger partial charge in [-0.15, -0.1) is 0 Å². The molecule has 4 heteroatoms. The van der Waals surface area contributed by atoms with Gasteiger partial charge in [0.15, 0.2) is 0 Å². The fourth-order valence-corrected chi connectivity index (χ4v) is 2.60. The smallest absolute Gasteiger partial charge is 0.122 e. The number of nitrogens with two attached hydrogens (primary N) is 1. The fraction of sp³-hybridized carbons (Fsp3) is 0.294. The van der Waals surface area contributed by atoms with E-state index in [1.807, 2.05) is 24.3 Å². The normalized spacial score (nSPS) is 12.1. The van der Waals surface area contributed by atoms with Crippen LogP contribution < -0.4 is 16.0 Å². The zero-order valence-corrected chi connectivity index (χ0v) is 12.9. The maximum atomic E-state index is 6.07. The van der Waals surface area contributed by atoms with Crippen LogP contribution in [-0.4, -0.2) is 13.2 Å². The van der Waals surface area contributed by atoms with Gasteiger partial charge in [-0.3, -0.25) is 11.3 Å². The van der Waals surface area contributed by atoms with E-state index >= 15 is 0 Å². The molecule has 0 spiro atoms. The summed E-state index contributed by atoms with van der Waals surface area (Å²) in [6.07, 6.45) is 2.72. The lowest BCUT2D eigenvalue weighted by Gasteiger charge is -2.18. The summed E-state index contributed by atoms with van der Waals surface area (Å²) >= 11 is 6.07. The summed E-state index contributed by atoms with van der Waals surface area (Å²) < 4.78 is 5.38. The number of nitrogens with one attached hydrogen (secondary N) is 1. The van der Waals surface area contributed by atoms with Crippen LogP contribution in [0.3, 0.4) is 0 Å². The topological polar surface area (TPSA) is 47.3 Å². The molecule has 0 saturated heterocycles. The number of hydrogen-bond acceptors (Lipinski definition) is 3. The number of hydrogen-bond donors (Lipinski definition) is 2. The van der Waals surface area contributed by atoms with Crippen molar-refractivity contribution in [3.05, 3.63) is 64.7 Å². The zero-order valence-electron chi connectivity index (χ0n) is 12.2. The van der Waals surface area contributed by atoms with Gasteiger partial charge in [-0.25, -0.2) is 0 Å². The maximum absolute atomic E-state index is 6.07. The Morgan fingerprint density at radius 3 is 2.62 bits per heavy atom. The van der Waals surface area contributed by atoms with Crippen LogP contribution in [0.5, 0.6) is 5.75 Å². The van der Waals surface area contributed by atoms with Gasteiger partial charge >= 0.3 is 0 Å². The summed E-state index contributed by atoms with van der Waals surface area (Å²) in [6.45, 7) is 0. The third-order valence-electron chi connectivity index (χ3n) is 3.57. The molecule has 3 N–H and O–H groups in total. The first-order chi connectivity index (χ1) is 10.2. The molecule has 0 heterocycles. The van der Waals surface area contributed by atoms with Crippen molar-refractivity contribution in [1.82, 2.24) is 5.43 Å². The summed E-state index contributed by atoms with van der Waals surface area (Å²) in [5.41, 5.74) is 5.28. The molecule has 2 aromatic carbocycles. The summed E-state index contributed by atoms with van der Waals surface area (Å²) in [7, 11) is 1.67. The van der Waals surface area contributed by atoms with Gasteiger partial charge < -0.3 is 4.74 Å². The monoisotopic (exact) mass is 304 g/mol. The van der Waals surface area contributed by atoms with Crippen molar-refractivity contribution in [1.29, 1.82) is 0 Å². The predicted molar refractivity (Wildman–Crippen MR) is 87.6 cm³/mol. The molecule has 0 radical (unpaired) electrons. The van der Waals surface area contributed by atoms with Gasteiger partial charge in [0.05, 0.1) is 7.11 Å². The highest BCUT2D eigenvalue weighted by atomic mass is 35.5. The van der Waals surface area contributed by atoms with E-state index in [9.17, 15) is 0 Å². The Kier molecular flexibility index (Phi) is 6.05. The molecule has 2 aromatic rings. The number of benzene rings is 2. The van der Waals surface area contributed by atoms with Crippen LogP contribution in [0.1, 0.15) is 17.5 Å². The van der Waals surface area contributed by atoms with Crippen molar-refractivity contribution in [3.8, 4) is 5.75 Å². The Balaban J connectivity index is 2.00. The van der Waals surface area contributed by atoms with Crippen LogP contribution in [0.4, 0.5) is 0 Å². The second-order valence-electron chi connectivity index (χ2n) is 5.05. The highest BCUT2D eigenvalue weighted by molar-refractivity contribution is 6.30. The quantitative estimate of drug-likeness (QED) is 0.609. The van der Waals surface area contributed by atoms with Crippen molar-refractivity contribution in [3.63, 3.8) is 0 Å². The first-order valence-corrected chi connectivity index (χ1v) is 7.43. The van der Waals surface area contributed by atoms with E-state index in [0.717, 1.165) is 30.6 Å². The Morgan fingerprint density at radius 1 is 1.19 bits per heavy atom. The highest BCUT2D eigenvalue weighted by Crippen LogP contribution is 2.24. The van der Waals surface area contributed by atoms with Gasteiger partial charge in [-0.2, -0.15) is 0 Å². The molecule has 3 nitrogen and oxygen atoms in total. The van der Waals surface area contributed by atoms with Crippen molar-refractivity contribution in [2.24, 2.45) is 5.84 Å². The summed E-state index contributed by atoms with van der Waals surface area (Å²) in [4.78, 5) is 0. The molecule has 0 aliphatic carbocycles. The molecular weight excluding hydrogens is 284 g/mol. The minimum Gasteiger partial charge on any atom is -0.496 e. The number of rotatable bonds is 7. The van der Waals surface area contributed by atoms with Crippen molar-refractivity contribution < 1.29 is 4.74 Å². The van der Waals surface area contributed by atoms with Gasteiger partial charge in [0.25, 0.3) is 0 Å². The van der Waals surface area contributed by atoms with Gasteiger partial charge in [0, 0.05) is 11.1 Å². The van der Waals surface area contributed by atoms with Crippen LogP contribution in [0, 0.1) is 0 Å². The molecule has 0 fully saturated rings. The van der Waals surface area contributed by atoms with Gasteiger partial charge in [-0.1, -0.05) is 41.9 Å². The third kappa shape index (κ3) is 4.74. The van der Waals surface area contributed by atoms with Gasteiger partial charge in [0.1, 0.15) is 5.75 Å². The van der Waals surface area contributed by atoms with E-state index in [0.29, 0.717) is 5.02 Å². The van der Waals surface area contributed by atoms with Crippen molar-refractivity contribution >= 4 is 11.6 Å². The second kappa shape index (κ2) is 8.03. The van der Waals surface area contributed by atoms with Crippen LogP contribution >= 0.6 is 11.6 Å². The molecule has 0 aromatic heterocycles. The largest absolute Gasteiger partial charge is 0.496 e. The zero-order chi connectivity index (χ0) is 15.1. The van der Waals surface area contributed by atoms with Crippen LogP contribution in [-0.2, 0) is 12.8 Å². The number of halogens is 1. The molecule has 1 unspecified atom stereocenters. The number of aryl methyl sites for hydroxylation is 1. The molecule has 21 heavy (non-hydrogen) atoms. The second-order valence-corrected chi connectivity index (χ2v) is 5.48. The Labute approximate surface area is 131 Å². The lowest BCUT2D eigenvalue weighted by molar-refractivity contribution is 0.403. The van der Waals surface area contributed by atoms with E-state index in [4.69, 9.17) is 22.2 Å². The first kappa shape index (κ1) is 15.8. The minimum absolute atomic E-state index is 0.178. The van der Waals surface area contributed by atoms with E-state index in [1.165, 1.54) is 5.56 Å². The maximum Gasteiger partial charge on any atom is 0.122 e. The van der Waals surface area contributed by atoms with Gasteiger partial charge in [0.2, 0.25) is 0 Å². The van der Waals surface area contributed by atoms with Crippen LogP contribution in [0.25, 0.3) is 0 Å². The Hall–Kier alpha value is -1.55. The molecule has 0 saturated carbocycles. The first-order valence-electron chi connectivity index (χ1n) is 7.05. The molecule has 2 rings (SSSR count). The lowest BCUT2D eigenvalue weighted by atomic mass is 9.99. The van der Waals surface area contributed by atoms with Crippen LogP contribution in [0.2, 0.25) is 5.02 Å². The number of hydrazine groups is 1. The van der Waals surface area contributed by atoms with E-state index in [1.54, 1.807) is 7.11 Å². The fourth-order valence-electron chi connectivity index (χ4n) is 2.40. The van der Waals surface area contributed by atoms with E-state index in [2.05, 4.69) is 29.7 Å². The summed E-state index contributed by atoms with van der Waals surface area (Å²) in [5.74, 6) is 6.54. The molecule has 112 valence electrons. The standard InChI is InChI=1S/C17H21ClN2O/c1-21-17-10-8-15(18)11-14(17)12-16(20-19)9-7-13-5-3-2-4-6-13/h2-6,8,10-11,16,20H,7,9,12,19H2,1H3. The molecular formula is C17H21ClN2O. The Morgan fingerprint density at radius 2 is 1.95 bits per heavy atom. The van der Waals surface area contributed by atoms with Crippen LogP contribution in [0.15, 0.2) is 48.5 Å². The number of methoxy groups -OCH3 is 1. The minimum atomic E-state index is 0.178. The van der Waals surface area contributed by atoms with E-state index < -0.39 is 0 Å². The Bertz CT molecular complexity index is 560. The predicted octanol–water partition coefficient (Wildman–Crippen LogP) is 3.36. The number of ether oxygens (including phenoxy) is 1. The van der Waals surface area contributed by atoms with Crippen molar-refractivity contribution in [2.75, 3.05) is 7.11 Å². The lowest BCUT2D eigenvalue weighted by Crippen LogP contribution is -2.37. The van der Waals surface area contributed by atoms with Gasteiger partial charge in [-0.05, 0) is 48.6 Å². The summed E-state index contributed by atoms with van der Waals surface area (Å²) in [6, 6.07) is 16.2. The third-order valence-corrected chi connectivity index (χ3v) is 3.80. The highest BCUT2D eigenvalue weighted by Gasteiger charge is 2.12. The van der Waals surface area contributed by atoms with Crippen molar-refractivity contribution in [2.45, 2.75) is 25.3 Å². The molecule has 0 bridgehead atoms. The SMILES string of the molecule is COc1ccc(Cl)cc1CC(CCc1ccccc1)NN. The average molecular weight is 305 g/mol. The average Bonchev–Trinajstić information content (AvgIpc) is 2.52. The molecule has 0 amide bonds. The summed E-state index contributed by atoms with van der Waals surface area (Å²) in [5, 5.41) is 0.713. The molecule has 0 aliphatic rings.